The molecule has 5 rings (SSSR count). The number of amides is 1. The van der Waals surface area contributed by atoms with Gasteiger partial charge in [-0.15, -0.1) is 0 Å². The monoisotopic (exact) mass is 417 g/mol. The van der Waals surface area contributed by atoms with Crippen LogP contribution in [0.15, 0.2) is 79.0 Å². The zero-order valence-electron chi connectivity index (χ0n) is 15.3. The van der Waals surface area contributed by atoms with Gasteiger partial charge in [0.05, 0.1) is 21.8 Å². The molecule has 1 N–H and O–H groups in total. The largest absolute Gasteiger partial charge is 0.360 e. The molecule has 0 unspecified atom stereocenters. The van der Waals surface area contributed by atoms with Gasteiger partial charge in [0.15, 0.2) is 5.13 Å². The number of rotatable bonds is 4. The number of anilines is 1. The molecule has 3 aromatic carbocycles. The molecular formula is C23H16ClN3OS. The predicted octanol–water partition coefficient (Wildman–Crippen LogP) is 6.28. The number of nitrogens with zero attached hydrogens (tertiary/aromatic N) is 2. The Morgan fingerprint density at radius 2 is 1.79 bits per heavy atom. The number of halogens is 1. The van der Waals surface area contributed by atoms with Crippen molar-refractivity contribution in [3.63, 3.8) is 0 Å². The van der Waals surface area contributed by atoms with Crippen LogP contribution in [-0.2, 0) is 6.54 Å². The van der Waals surface area contributed by atoms with Gasteiger partial charge in [-0.1, -0.05) is 77.5 Å². The highest BCUT2D eigenvalue weighted by molar-refractivity contribution is 7.22. The second-order valence-corrected chi connectivity index (χ2v) is 8.12. The number of H-pyrrole nitrogens is 1. The Balaban J connectivity index is 1.63. The van der Waals surface area contributed by atoms with Gasteiger partial charge in [0.1, 0.15) is 5.52 Å². The minimum Gasteiger partial charge on any atom is -0.360 e. The maximum atomic E-state index is 13.6. The summed E-state index contributed by atoms with van der Waals surface area (Å²) in [6.45, 7) is 0.427. The number of thiazole rings is 1. The van der Waals surface area contributed by atoms with Gasteiger partial charge in [-0.2, -0.15) is 0 Å². The molecule has 29 heavy (non-hydrogen) atoms. The first-order chi connectivity index (χ1) is 14.2. The van der Waals surface area contributed by atoms with Gasteiger partial charge in [0.2, 0.25) is 0 Å². The van der Waals surface area contributed by atoms with Gasteiger partial charge in [0.25, 0.3) is 5.91 Å². The molecule has 4 nitrogen and oxygen atoms in total. The number of hydrogen-bond donors (Lipinski definition) is 1. The molecule has 1 amide bonds. The van der Waals surface area contributed by atoms with Crippen LogP contribution in [0.25, 0.3) is 21.1 Å². The number of aromatic nitrogens is 2. The van der Waals surface area contributed by atoms with Crippen LogP contribution >= 0.6 is 22.9 Å². The maximum absolute atomic E-state index is 13.6. The van der Waals surface area contributed by atoms with Gasteiger partial charge in [-0.3, -0.25) is 9.69 Å². The van der Waals surface area contributed by atoms with E-state index in [9.17, 15) is 4.79 Å². The van der Waals surface area contributed by atoms with Crippen molar-refractivity contribution >= 4 is 55.1 Å². The molecule has 5 aromatic rings. The third-order valence-electron chi connectivity index (χ3n) is 4.84. The fourth-order valence-electron chi connectivity index (χ4n) is 3.40. The molecule has 0 saturated heterocycles. The average molecular weight is 418 g/mol. The lowest BCUT2D eigenvalue weighted by atomic mass is 10.1. The molecule has 2 heterocycles. The molecule has 0 aliphatic carbocycles. The molecule has 2 aromatic heterocycles. The van der Waals surface area contributed by atoms with Crippen LogP contribution in [-0.4, -0.2) is 15.9 Å². The molecule has 0 aliphatic heterocycles. The molecule has 0 radical (unpaired) electrons. The molecule has 0 spiro atoms. The lowest BCUT2D eigenvalue weighted by Crippen LogP contribution is -2.30. The van der Waals surface area contributed by atoms with E-state index in [0.29, 0.717) is 22.3 Å². The van der Waals surface area contributed by atoms with E-state index in [-0.39, 0.29) is 5.91 Å². The van der Waals surface area contributed by atoms with E-state index in [4.69, 9.17) is 16.6 Å². The molecule has 0 aliphatic rings. The number of aromatic amines is 1. The SMILES string of the molecule is O=C(c1c[nH]c2ccccc12)N(Cc1ccccc1)c1nc2c(Cl)cccc2s1. The van der Waals surface area contributed by atoms with E-state index in [1.54, 1.807) is 11.1 Å². The third-order valence-corrected chi connectivity index (χ3v) is 6.19. The smallest absolute Gasteiger partial charge is 0.262 e. The highest BCUT2D eigenvalue weighted by Gasteiger charge is 2.24. The fourth-order valence-corrected chi connectivity index (χ4v) is 4.67. The highest BCUT2D eigenvalue weighted by Crippen LogP contribution is 2.34. The zero-order chi connectivity index (χ0) is 19.8. The topological polar surface area (TPSA) is 49.0 Å². The molecule has 0 atom stereocenters. The van der Waals surface area contributed by atoms with E-state index in [2.05, 4.69) is 4.98 Å². The van der Waals surface area contributed by atoms with Gasteiger partial charge in [-0.25, -0.2) is 4.98 Å². The molecule has 142 valence electrons. The van der Waals surface area contributed by atoms with E-state index in [1.165, 1.54) is 11.3 Å². The first-order valence-electron chi connectivity index (χ1n) is 9.17. The van der Waals surface area contributed by atoms with E-state index >= 15 is 0 Å². The first-order valence-corrected chi connectivity index (χ1v) is 10.4. The Kier molecular flexibility index (Phi) is 4.54. The summed E-state index contributed by atoms with van der Waals surface area (Å²) in [4.78, 5) is 23.2. The summed E-state index contributed by atoms with van der Waals surface area (Å²) >= 11 is 7.80. The predicted molar refractivity (Wildman–Crippen MR) is 120 cm³/mol. The number of fused-ring (bicyclic) bond motifs is 2. The second kappa shape index (κ2) is 7.35. The van der Waals surface area contributed by atoms with Crippen LogP contribution in [0.3, 0.4) is 0 Å². The van der Waals surface area contributed by atoms with Crippen LogP contribution < -0.4 is 4.90 Å². The molecule has 6 heteroatoms. The zero-order valence-corrected chi connectivity index (χ0v) is 16.9. The fraction of sp³-hybridized carbons (Fsp3) is 0.0435. The third kappa shape index (κ3) is 3.28. The van der Waals surface area contributed by atoms with E-state index in [1.807, 2.05) is 72.8 Å². The van der Waals surface area contributed by atoms with Crippen LogP contribution in [0.5, 0.6) is 0 Å². The number of para-hydroxylation sites is 2. The maximum Gasteiger partial charge on any atom is 0.262 e. The van der Waals surface area contributed by atoms with Gasteiger partial charge < -0.3 is 4.98 Å². The summed E-state index contributed by atoms with van der Waals surface area (Å²) in [5, 5.41) is 2.12. The lowest BCUT2D eigenvalue weighted by molar-refractivity contribution is 0.0986. The minimum absolute atomic E-state index is 0.0959. The number of carbonyl (C=O) groups is 1. The van der Waals surface area contributed by atoms with Crippen LogP contribution in [0, 0.1) is 0 Å². The van der Waals surface area contributed by atoms with Gasteiger partial charge in [-0.05, 0) is 23.8 Å². The quantitative estimate of drug-likeness (QED) is 0.374. The summed E-state index contributed by atoms with van der Waals surface area (Å²) in [7, 11) is 0. The first kappa shape index (κ1) is 17.9. The molecule has 0 bridgehead atoms. The van der Waals surface area contributed by atoms with Crippen molar-refractivity contribution in [1.82, 2.24) is 9.97 Å². The van der Waals surface area contributed by atoms with Crippen molar-refractivity contribution in [1.29, 1.82) is 0 Å². The van der Waals surface area contributed by atoms with Crippen LogP contribution in [0.4, 0.5) is 5.13 Å². The minimum atomic E-state index is -0.0959. The van der Waals surface area contributed by atoms with Crippen LogP contribution in [0.1, 0.15) is 15.9 Å². The summed E-state index contributed by atoms with van der Waals surface area (Å²) in [6, 6.07) is 23.4. The summed E-state index contributed by atoms with van der Waals surface area (Å²) in [6.07, 6.45) is 1.77. The number of nitrogens with one attached hydrogen (secondary N) is 1. The molecular weight excluding hydrogens is 402 g/mol. The molecule has 0 fully saturated rings. The lowest BCUT2D eigenvalue weighted by Gasteiger charge is -2.20. The van der Waals surface area contributed by atoms with E-state index < -0.39 is 0 Å². The van der Waals surface area contributed by atoms with Crippen LogP contribution in [0.2, 0.25) is 5.02 Å². The Morgan fingerprint density at radius 3 is 2.62 bits per heavy atom. The Hall–Kier alpha value is -3.15. The van der Waals surface area contributed by atoms with Gasteiger partial charge in [0, 0.05) is 17.1 Å². The Bertz CT molecular complexity index is 1330. The van der Waals surface area contributed by atoms with Gasteiger partial charge >= 0.3 is 0 Å². The van der Waals surface area contributed by atoms with Crippen molar-refractivity contribution < 1.29 is 4.79 Å². The van der Waals surface area contributed by atoms with Crippen molar-refractivity contribution in [2.45, 2.75) is 6.54 Å². The van der Waals surface area contributed by atoms with Crippen molar-refractivity contribution in [2.75, 3.05) is 4.90 Å². The standard InChI is InChI=1S/C23H16ClN3OS/c24-18-10-6-12-20-21(18)26-23(29-20)27(14-15-7-2-1-3-8-15)22(28)17-13-25-19-11-5-4-9-16(17)19/h1-13,25H,14H2. The van der Waals surface area contributed by atoms with Crippen molar-refractivity contribution in [3.05, 3.63) is 95.1 Å². The Morgan fingerprint density at radius 1 is 1.00 bits per heavy atom. The second-order valence-electron chi connectivity index (χ2n) is 6.71. The van der Waals surface area contributed by atoms with E-state index in [0.717, 1.165) is 26.7 Å². The molecule has 0 saturated carbocycles. The van der Waals surface area contributed by atoms with Crippen molar-refractivity contribution in [2.24, 2.45) is 0 Å². The average Bonchev–Trinajstić information content (AvgIpc) is 3.37. The summed E-state index contributed by atoms with van der Waals surface area (Å²) in [5.74, 6) is -0.0959. The number of carbonyl (C=O) groups excluding carboxylic acids is 1. The summed E-state index contributed by atoms with van der Waals surface area (Å²) < 4.78 is 0.956. The number of hydrogen-bond acceptors (Lipinski definition) is 3. The number of benzene rings is 3. The Labute approximate surface area is 176 Å². The highest BCUT2D eigenvalue weighted by atomic mass is 35.5. The van der Waals surface area contributed by atoms with Crippen molar-refractivity contribution in [3.8, 4) is 0 Å². The normalized spacial score (nSPS) is 11.2. The summed E-state index contributed by atoms with van der Waals surface area (Å²) in [5.41, 5.74) is 3.31.